The Labute approximate surface area is 194 Å². The third kappa shape index (κ3) is 6.11. The first-order chi connectivity index (χ1) is 16.0. The predicted molar refractivity (Wildman–Crippen MR) is 130 cm³/mol. The van der Waals surface area contributed by atoms with Gasteiger partial charge in [0.25, 0.3) is 0 Å². The number of para-hydroxylation sites is 2. The van der Waals surface area contributed by atoms with Gasteiger partial charge in [-0.2, -0.15) is 8.78 Å². The summed E-state index contributed by atoms with van der Waals surface area (Å²) in [6, 6.07) is 17.7. The SMILES string of the molecule is CN(C)c1cc(NC2CCC(CNCc3ccccc3OC(F)F)CC2)nc2ccccc12. The van der Waals surface area contributed by atoms with Crippen LogP contribution in [0.25, 0.3) is 10.9 Å². The van der Waals surface area contributed by atoms with Crippen LogP contribution in [0.2, 0.25) is 0 Å². The highest BCUT2D eigenvalue weighted by Gasteiger charge is 2.22. The third-order valence-corrected chi connectivity index (χ3v) is 6.31. The maximum Gasteiger partial charge on any atom is 0.387 e. The van der Waals surface area contributed by atoms with E-state index in [-0.39, 0.29) is 5.75 Å². The number of hydrogen-bond acceptors (Lipinski definition) is 5. The molecule has 0 unspecified atom stereocenters. The third-order valence-electron chi connectivity index (χ3n) is 6.31. The van der Waals surface area contributed by atoms with Crippen molar-refractivity contribution in [3.63, 3.8) is 0 Å². The molecule has 33 heavy (non-hydrogen) atoms. The lowest BCUT2D eigenvalue weighted by atomic mass is 9.86. The molecule has 0 saturated heterocycles. The van der Waals surface area contributed by atoms with Gasteiger partial charge in [0.05, 0.1) is 5.52 Å². The van der Waals surface area contributed by atoms with Crippen LogP contribution in [0.5, 0.6) is 5.75 Å². The first-order valence-electron chi connectivity index (χ1n) is 11.6. The lowest BCUT2D eigenvalue weighted by molar-refractivity contribution is -0.0505. The Balaban J connectivity index is 1.28. The molecule has 1 aliphatic rings. The van der Waals surface area contributed by atoms with Crippen molar-refractivity contribution in [2.24, 2.45) is 5.92 Å². The number of halogens is 2. The molecule has 3 aromatic rings. The number of hydrogen-bond donors (Lipinski definition) is 2. The van der Waals surface area contributed by atoms with Crippen molar-refractivity contribution < 1.29 is 13.5 Å². The average molecular weight is 455 g/mol. The zero-order valence-electron chi connectivity index (χ0n) is 19.2. The average Bonchev–Trinajstić information content (AvgIpc) is 2.80. The molecule has 176 valence electrons. The number of nitrogens with zero attached hydrogens (tertiary/aromatic N) is 2. The Morgan fingerprint density at radius 3 is 2.52 bits per heavy atom. The maximum atomic E-state index is 12.6. The highest BCUT2D eigenvalue weighted by atomic mass is 19.3. The lowest BCUT2D eigenvalue weighted by Gasteiger charge is -2.30. The molecule has 1 saturated carbocycles. The molecule has 0 bridgehead atoms. The van der Waals surface area contributed by atoms with Crippen LogP contribution < -0.4 is 20.3 Å². The van der Waals surface area contributed by atoms with Gasteiger partial charge < -0.3 is 20.3 Å². The Morgan fingerprint density at radius 1 is 1.03 bits per heavy atom. The van der Waals surface area contributed by atoms with Gasteiger partial charge in [-0.1, -0.05) is 36.4 Å². The summed E-state index contributed by atoms with van der Waals surface area (Å²) in [7, 11) is 4.11. The second-order valence-electron chi connectivity index (χ2n) is 8.92. The Hall–Kier alpha value is -2.93. The highest BCUT2D eigenvalue weighted by molar-refractivity contribution is 5.93. The molecule has 0 radical (unpaired) electrons. The van der Waals surface area contributed by atoms with E-state index in [1.165, 1.54) is 0 Å². The van der Waals surface area contributed by atoms with Gasteiger partial charge in [-0.15, -0.1) is 0 Å². The summed E-state index contributed by atoms with van der Waals surface area (Å²) in [6.45, 7) is -1.41. The molecule has 5 nitrogen and oxygen atoms in total. The van der Waals surface area contributed by atoms with Crippen LogP contribution in [-0.4, -0.2) is 38.3 Å². The summed E-state index contributed by atoms with van der Waals surface area (Å²) in [5.74, 6) is 1.75. The molecule has 0 aliphatic heterocycles. The molecule has 2 N–H and O–H groups in total. The van der Waals surface area contributed by atoms with Crippen molar-refractivity contribution in [3.8, 4) is 5.75 Å². The number of ether oxygens (including phenoxy) is 1. The zero-order valence-corrected chi connectivity index (χ0v) is 19.2. The summed E-state index contributed by atoms with van der Waals surface area (Å²) < 4.78 is 29.8. The van der Waals surface area contributed by atoms with Gasteiger partial charge in [0.1, 0.15) is 11.6 Å². The molecule has 1 aliphatic carbocycles. The smallest absolute Gasteiger partial charge is 0.387 e. The minimum atomic E-state index is -2.81. The van der Waals surface area contributed by atoms with Crippen molar-refractivity contribution in [2.45, 2.75) is 44.9 Å². The van der Waals surface area contributed by atoms with E-state index in [9.17, 15) is 8.78 Å². The van der Waals surface area contributed by atoms with E-state index >= 15 is 0 Å². The topological polar surface area (TPSA) is 49.4 Å². The fraction of sp³-hybridized carbons (Fsp3) is 0.423. The van der Waals surface area contributed by atoms with E-state index < -0.39 is 6.61 Å². The number of anilines is 2. The number of nitrogens with one attached hydrogen (secondary N) is 2. The quantitative estimate of drug-likeness (QED) is 0.437. The second kappa shape index (κ2) is 10.8. The van der Waals surface area contributed by atoms with Crippen LogP contribution in [0.15, 0.2) is 54.6 Å². The van der Waals surface area contributed by atoms with Crippen molar-refractivity contribution in [2.75, 3.05) is 30.9 Å². The van der Waals surface area contributed by atoms with E-state index in [0.717, 1.165) is 60.2 Å². The molecule has 0 spiro atoms. The van der Waals surface area contributed by atoms with Crippen LogP contribution in [-0.2, 0) is 6.54 Å². The van der Waals surface area contributed by atoms with E-state index in [4.69, 9.17) is 4.98 Å². The second-order valence-corrected chi connectivity index (χ2v) is 8.92. The molecule has 7 heteroatoms. The number of benzene rings is 2. The first-order valence-corrected chi connectivity index (χ1v) is 11.6. The minimum Gasteiger partial charge on any atom is -0.434 e. The molecule has 2 aromatic carbocycles. The van der Waals surface area contributed by atoms with Gasteiger partial charge in [-0.3, -0.25) is 0 Å². The monoisotopic (exact) mass is 454 g/mol. The van der Waals surface area contributed by atoms with E-state index in [1.807, 2.05) is 24.3 Å². The normalized spacial score (nSPS) is 18.5. The highest BCUT2D eigenvalue weighted by Crippen LogP contribution is 2.30. The van der Waals surface area contributed by atoms with Crippen LogP contribution >= 0.6 is 0 Å². The maximum absolute atomic E-state index is 12.6. The van der Waals surface area contributed by atoms with Crippen molar-refractivity contribution in [1.82, 2.24) is 10.3 Å². The molecule has 1 fully saturated rings. The number of aromatic nitrogens is 1. The minimum absolute atomic E-state index is 0.243. The van der Waals surface area contributed by atoms with Gasteiger partial charge in [-0.05, 0) is 50.3 Å². The summed E-state index contributed by atoms with van der Waals surface area (Å²) in [6.07, 6.45) is 4.41. The Kier molecular flexibility index (Phi) is 7.60. The van der Waals surface area contributed by atoms with E-state index in [1.54, 1.807) is 12.1 Å². The van der Waals surface area contributed by atoms with Crippen LogP contribution in [0.4, 0.5) is 20.3 Å². The Bertz CT molecular complexity index is 1050. The van der Waals surface area contributed by atoms with Gasteiger partial charge in [-0.25, -0.2) is 4.98 Å². The van der Waals surface area contributed by atoms with Gasteiger partial charge in [0.2, 0.25) is 0 Å². The predicted octanol–water partition coefficient (Wildman–Crippen LogP) is 5.66. The van der Waals surface area contributed by atoms with E-state index in [0.29, 0.717) is 18.5 Å². The van der Waals surface area contributed by atoms with Gasteiger partial charge >= 0.3 is 6.61 Å². The summed E-state index contributed by atoms with van der Waals surface area (Å²) in [5, 5.41) is 8.23. The standard InChI is InChI=1S/C26H32F2N4O/c1-32(2)23-15-25(31-22-9-5-4-8-21(22)23)30-20-13-11-18(12-14-20)16-29-17-19-7-3-6-10-24(19)33-26(27)28/h3-10,15,18,20,26,29H,11-14,16-17H2,1-2H3,(H,30,31). The van der Waals surface area contributed by atoms with Crippen molar-refractivity contribution in [3.05, 3.63) is 60.2 Å². The van der Waals surface area contributed by atoms with Crippen LogP contribution in [0.3, 0.4) is 0 Å². The number of rotatable bonds is 9. The first kappa shape index (κ1) is 23.2. The molecular weight excluding hydrogens is 422 g/mol. The van der Waals surface area contributed by atoms with Crippen molar-refractivity contribution >= 4 is 22.4 Å². The fourth-order valence-electron chi connectivity index (χ4n) is 4.59. The molecule has 4 rings (SSSR count). The molecule has 0 amide bonds. The van der Waals surface area contributed by atoms with Crippen molar-refractivity contribution in [1.29, 1.82) is 0 Å². The number of alkyl halides is 2. The molecular formula is C26H32F2N4O. The summed E-state index contributed by atoms with van der Waals surface area (Å²) in [4.78, 5) is 6.96. The Morgan fingerprint density at radius 2 is 1.76 bits per heavy atom. The number of pyridine rings is 1. The lowest BCUT2D eigenvalue weighted by Crippen LogP contribution is -2.31. The largest absolute Gasteiger partial charge is 0.434 e. The summed E-state index contributed by atoms with van der Waals surface area (Å²) >= 11 is 0. The van der Waals surface area contributed by atoms with E-state index in [2.05, 4.69) is 52.6 Å². The molecule has 0 atom stereocenters. The van der Waals surface area contributed by atoms with Gasteiger partial charge in [0.15, 0.2) is 0 Å². The van der Waals surface area contributed by atoms with Gasteiger partial charge in [0, 0.05) is 49.4 Å². The zero-order chi connectivity index (χ0) is 23.2. The van der Waals surface area contributed by atoms with Crippen LogP contribution in [0, 0.1) is 5.92 Å². The van der Waals surface area contributed by atoms with Crippen LogP contribution in [0.1, 0.15) is 31.2 Å². The number of fused-ring (bicyclic) bond motifs is 1. The molecule has 1 aromatic heterocycles. The fourth-order valence-corrected chi connectivity index (χ4v) is 4.59. The molecule has 1 heterocycles. The summed E-state index contributed by atoms with van der Waals surface area (Å²) in [5.41, 5.74) is 2.92.